The highest BCUT2D eigenvalue weighted by Crippen LogP contribution is 2.24. The van der Waals surface area contributed by atoms with Crippen LogP contribution < -0.4 is 26.6 Å². The summed E-state index contributed by atoms with van der Waals surface area (Å²) in [5.41, 5.74) is 6.48. The fraction of sp³-hybridized carbons (Fsp3) is 0.290. The molecule has 1 aliphatic rings. The molecule has 0 saturated carbocycles. The first-order valence-electron chi connectivity index (χ1n) is 13.4. The molecule has 4 aromatic rings. The molecule has 0 bridgehead atoms. The van der Waals surface area contributed by atoms with Crippen molar-refractivity contribution >= 4 is 5.69 Å². The van der Waals surface area contributed by atoms with Crippen LogP contribution in [0.1, 0.15) is 35.7 Å². The van der Waals surface area contributed by atoms with Gasteiger partial charge in [-0.3, -0.25) is 13.9 Å². The van der Waals surface area contributed by atoms with E-state index in [9.17, 15) is 18.4 Å². The fourth-order valence-electron chi connectivity index (χ4n) is 5.23. The summed E-state index contributed by atoms with van der Waals surface area (Å²) in [6.45, 7) is 2.24. The molecule has 1 aromatic heterocycles. The van der Waals surface area contributed by atoms with Crippen LogP contribution in [0.4, 0.5) is 14.5 Å². The van der Waals surface area contributed by atoms with E-state index in [1.807, 2.05) is 65.6 Å². The van der Waals surface area contributed by atoms with Crippen molar-refractivity contribution in [2.75, 3.05) is 18.0 Å². The van der Waals surface area contributed by atoms with Gasteiger partial charge >= 0.3 is 5.69 Å². The first-order valence-corrected chi connectivity index (χ1v) is 13.4. The number of para-hydroxylation sites is 1. The molecule has 0 amide bonds. The van der Waals surface area contributed by atoms with Crippen LogP contribution in [0.2, 0.25) is 0 Å². The summed E-state index contributed by atoms with van der Waals surface area (Å²) in [6, 6.07) is 21.7. The molecule has 1 aliphatic heterocycles. The SMILES string of the molecule is Cc1c(N2CCC(Oc3ccccc3)CC2)c(=O)n(C[C@@H](N)c2ccccc2)c(=O)n1Cc1c(F)cccc1F. The number of halogens is 2. The molecule has 0 unspecified atom stereocenters. The minimum atomic E-state index is -0.759. The number of benzene rings is 3. The molecule has 5 rings (SSSR count). The van der Waals surface area contributed by atoms with Gasteiger partial charge in [0, 0.05) is 43.2 Å². The molecule has 2 N–H and O–H groups in total. The zero-order chi connectivity index (χ0) is 28.2. The van der Waals surface area contributed by atoms with Crippen molar-refractivity contribution in [1.82, 2.24) is 9.13 Å². The quantitative estimate of drug-likeness (QED) is 0.355. The number of hydrogen-bond acceptors (Lipinski definition) is 5. The van der Waals surface area contributed by atoms with E-state index < -0.39 is 28.9 Å². The lowest BCUT2D eigenvalue weighted by molar-refractivity contribution is 0.170. The maximum Gasteiger partial charge on any atom is 0.331 e. The maximum absolute atomic E-state index is 14.6. The number of hydrogen-bond donors (Lipinski definition) is 1. The zero-order valence-electron chi connectivity index (χ0n) is 22.3. The largest absolute Gasteiger partial charge is 0.490 e. The van der Waals surface area contributed by atoms with Crippen LogP contribution in [-0.4, -0.2) is 28.3 Å². The summed E-state index contributed by atoms with van der Waals surface area (Å²) in [7, 11) is 0. The van der Waals surface area contributed by atoms with E-state index in [0.29, 0.717) is 37.3 Å². The topological polar surface area (TPSA) is 82.5 Å². The van der Waals surface area contributed by atoms with E-state index in [-0.39, 0.29) is 24.8 Å². The highest BCUT2D eigenvalue weighted by Gasteiger charge is 2.28. The number of nitrogens with zero attached hydrogens (tertiary/aromatic N) is 3. The number of nitrogens with two attached hydrogens (primary N) is 1. The van der Waals surface area contributed by atoms with Crippen LogP contribution >= 0.6 is 0 Å². The van der Waals surface area contributed by atoms with Crippen LogP contribution in [-0.2, 0) is 13.1 Å². The van der Waals surface area contributed by atoms with E-state index in [0.717, 1.165) is 28.0 Å². The van der Waals surface area contributed by atoms with Gasteiger partial charge < -0.3 is 15.4 Å². The van der Waals surface area contributed by atoms with Crippen molar-refractivity contribution in [1.29, 1.82) is 0 Å². The van der Waals surface area contributed by atoms with Crippen LogP contribution in [0.3, 0.4) is 0 Å². The van der Waals surface area contributed by atoms with Crippen molar-refractivity contribution in [3.63, 3.8) is 0 Å². The Morgan fingerprint density at radius 3 is 2.10 bits per heavy atom. The average molecular weight is 547 g/mol. The summed E-state index contributed by atoms with van der Waals surface area (Å²) in [5, 5.41) is 0. The Labute approximate surface area is 231 Å². The van der Waals surface area contributed by atoms with E-state index in [2.05, 4.69) is 0 Å². The summed E-state index contributed by atoms with van der Waals surface area (Å²) in [6.07, 6.45) is 1.31. The van der Waals surface area contributed by atoms with E-state index >= 15 is 0 Å². The number of anilines is 1. The standard InChI is InChI=1S/C31H32F2N4O3/c1-21-29(35-17-15-24(16-18-35)40-23-11-6-3-7-12-23)30(38)37(20-28(34)22-9-4-2-5-10-22)31(39)36(21)19-25-26(32)13-8-14-27(25)33/h2-14,24,28H,15-20,34H2,1H3/t28-/m1/s1. The predicted octanol–water partition coefficient (Wildman–Crippen LogP) is 4.39. The first-order chi connectivity index (χ1) is 19.3. The van der Waals surface area contributed by atoms with Gasteiger partial charge in [-0.25, -0.2) is 13.6 Å². The lowest BCUT2D eigenvalue weighted by atomic mass is 10.1. The van der Waals surface area contributed by atoms with Gasteiger partial charge in [-0.2, -0.15) is 0 Å². The van der Waals surface area contributed by atoms with Gasteiger partial charge in [-0.15, -0.1) is 0 Å². The smallest absolute Gasteiger partial charge is 0.331 e. The second-order valence-electron chi connectivity index (χ2n) is 10.1. The highest BCUT2D eigenvalue weighted by atomic mass is 19.1. The third-order valence-electron chi connectivity index (χ3n) is 7.45. The fourth-order valence-corrected chi connectivity index (χ4v) is 5.23. The van der Waals surface area contributed by atoms with Crippen LogP contribution in [0.15, 0.2) is 88.5 Å². The van der Waals surface area contributed by atoms with Gasteiger partial charge in [0.25, 0.3) is 5.56 Å². The van der Waals surface area contributed by atoms with E-state index in [4.69, 9.17) is 10.5 Å². The van der Waals surface area contributed by atoms with Crippen molar-refractivity contribution in [3.8, 4) is 5.75 Å². The third kappa shape index (κ3) is 5.70. The Balaban J connectivity index is 1.51. The highest BCUT2D eigenvalue weighted by molar-refractivity contribution is 5.49. The molecule has 1 saturated heterocycles. The van der Waals surface area contributed by atoms with Gasteiger partial charge in [0.15, 0.2) is 0 Å². The number of rotatable bonds is 8. The second kappa shape index (κ2) is 11.9. The molecule has 3 aromatic carbocycles. The lowest BCUT2D eigenvalue weighted by Gasteiger charge is -2.34. The van der Waals surface area contributed by atoms with Crippen molar-refractivity contribution in [2.24, 2.45) is 5.73 Å². The first kappa shape index (κ1) is 27.3. The second-order valence-corrected chi connectivity index (χ2v) is 10.1. The number of aromatic nitrogens is 2. The molecule has 9 heteroatoms. The monoisotopic (exact) mass is 546 g/mol. The summed E-state index contributed by atoms with van der Waals surface area (Å²) >= 11 is 0. The number of piperidine rings is 1. The Morgan fingerprint density at radius 2 is 1.48 bits per heavy atom. The zero-order valence-corrected chi connectivity index (χ0v) is 22.3. The molecule has 0 radical (unpaired) electrons. The normalized spacial score (nSPS) is 14.8. The van der Waals surface area contributed by atoms with Crippen molar-refractivity contribution in [2.45, 2.75) is 45.0 Å². The molecule has 0 aliphatic carbocycles. The van der Waals surface area contributed by atoms with Crippen LogP contribution in [0, 0.1) is 18.6 Å². The molecule has 0 spiro atoms. The minimum absolute atomic E-state index is 0.0221. The molecule has 7 nitrogen and oxygen atoms in total. The van der Waals surface area contributed by atoms with Crippen molar-refractivity contribution in [3.05, 3.63) is 128 Å². The molecular weight excluding hydrogens is 514 g/mol. The summed E-state index contributed by atoms with van der Waals surface area (Å²) in [5.74, 6) is -0.731. The Kier molecular flexibility index (Phi) is 8.11. The van der Waals surface area contributed by atoms with Gasteiger partial charge in [0.05, 0.1) is 13.1 Å². The molecule has 2 heterocycles. The molecule has 40 heavy (non-hydrogen) atoms. The molecule has 1 atom stereocenters. The predicted molar refractivity (Wildman–Crippen MR) is 151 cm³/mol. The average Bonchev–Trinajstić information content (AvgIpc) is 2.96. The molecule has 208 valence electrons. The van der Waals surface area contributed by atoms with Gasteiger partial charge in [-0.1, -0.05) is 54.6 Å². The van der Waals surface area contributed by atoms with Crippen LogP contribution in [0.5, 0.6) is 5.75 Å². The van der Waals surface area contributed by atoms with Gasteiger partial charge in [0.1, 0.15) is 29.2 Å². The van der Waals surface area contributed by atoms with Gasteiger partial charge in [-0.05, 0) is 36.8 Å². The summed E-state index contributed by atoms with van der Waals surface area (Å²) in [4.78, 5) is 29.5. The van der Waals surface area contributed by atoms with E-state index in [1.54, 1.807) is 6.92 Å². The lowest BCUT2D eigenvalue weighted by Crippen LogP contribution is -2.48. The summed E-state index contributed by atoms with van der Waals surface area (Å²) < 4.78 is 37.7. The maximum atomic E-state index is 14.6. The van der Waals surface area contributed by atoms with Crippen molar-refractivity contribution < 1.29 is 13.5 Å². The van der Waals surface area contributed by atoms with Gasteiger partial charge in [0.2, 0.25) is 0 Å². The Bertz CT molecular complexity index is 1560. The Morgan fingerprint density at radius 1 is 0.875 bits per heavy atom. The molecule has 1 fully saturated rings. The molecular formula is C31H32F2N4O3. The third-order valence-corrected chi connectivity index (χ3v) is 7.45. The number of ether oxygens (including phenoxy) is 1. The van der Waals surface area contributed by atoms with E-state index in [1.165, 1.54) is 10.6 Å². The Hall–Kier alpha value is -4.24. The van der Waals surface area contributed by atoms with Crippen LogP contribution in [0.25, 0.3) is 0 Å². The minimum Gasteiger partial charge on any atom is -0.490 e.